The maximum absolute atomic E-state index is 12.7. The van der Waals surface area contributed by atoms with Gasteiger partial charge in [-0.2, -0.15) is 4.98 Å². The lowest BCUT2D eigenvalue weighted by Gasteiger charge is -2.32. The molecule has 0 aliphatic carbocycles. The van der Waals surface area contributed by atoms with E-state index < -0.39 is 0 Å². The van der Waals surface area contributed by atoms with E-state index in [1.54, 1.807) is 0 Å². The third-order valence-electron chi connectivity index (χ3n) is 5.54. The van der Waals surface area contributed by atoms with Gasteiger partial charge < -0.3 is 19.5 Å². The average Bonchev–Trinajstić information content (AvgIpc) is 3.24. The maximum atomic E-state index is 12.7. The number of benzene rings is 2. The molecule has 1 aromatic heterocycles. The van der Waals surface area contributed by atoms with Crippen molar-refractivity contribution in [3.05, 3.63) is 60.0 Å². The van der Waals surface area contributed by atoms with Crippen LogP contribution in [0.3, 0.4) is 0 Å². The smallest absolute Gasteiger partial charge is 0.321 e. The second-order valence-electron chi connectivity index (χ2n) is 7.87. The fourth-order valence-corrected chi connectivity index (χ4v) is 3.94. The van der Waals surface area contributed by atoms with E-state index >= 15 is 0 Å². The zero-order chi connectivity index (χ0) is 21.6. The van der Waals surface area contributed by atoms with Crippen molar-refractivity contribution in [3.63, 3.8) is 0 Å². The Hall–Kier alpha value is -3.35. The van der Waals surface area contributed by atoms with Crippen molar-refractivity contribution in [2.24, 2.45) is 5.92 Å². The topological polar surface area (TPSA) is 80.5 Å². The summed E-state index contributed by atoms with van der Waals surface area (Å²) in [6.07, 6.45) is 2.67. The first kappa shape index (κ1) is 20.9. The SMILES string of the molecule is CCOc1ccc(NC(=O)N2CCCC(Cc3nc(-c4ccccc4C)no3)C2)cc1. The number of amides is 2. The Morgan fingerprint density at radius 1 is 1.23 bits per heavy atom. The van der Waals surface area contributed by atoms with Gasteiger partial charge in [0.25, 0.3) is 0 Å². The summed E-state index contributed by atoms with van der Waals surface area (Å²) < 4.78 is 11.0. The zero-order valence-electron chi connectivity index (χ0n) is 18.0. The Kier molecular flexibility index (Phi) is 6.50. The highest BCUT2D eigenvalue weighted by Gasteiger charge is 2.26. The molecule has 1 N–H and O–H groups in total. The van der Waals surface area contributed by atoms with Crippen LogP contribution in [0.2, 0.25) is 0 Å². The first-order valence-corrected chi connectivity index (χ1v) is 10.8. The number of piperidine rings is 1. The van der Waals surface area contributed by atoms with Crippen molar-refractivity contribution in [2.45, 2.75) is 33.1 Å². The van der Waals surface area contributed by atoms with Gasteiger partial charge in [-0.1, -0.05) is 29.4 Å². The first-order chi connectivity index (χ1) is 15.1. The number of hydrogen-bond acceptors (Lipinski definition) is 5. The van der Waals surface area contributed by atoms with Crippen LogP contribution in [0.4, 0.5) is 10.5 Å². The molecule has 7 heteroatoms. The summed E-state index contributed by atoms with van der Waals surface area (Å²) in [5.74, 6) is 2.33. The van der Waals surface area contributed by atoms with Crippen molar-refractivity contribution in [1.29, 1.82) is 0 Å². The number of aromatic nitrogens is 2. The lowest BCUT2D eigenvalue weighted by Crippen LogP contribution is -2.42. The van der Waals surface area contributed by atoms with Crippen molar-refractivity contribution in [1.82, 2.24) is 15.0 Å². The summed E-state index contributed by atoms with van der Waals surface area (Å²) in [7, 11) is 0. The van der Waals surface area contributed by atoms with Gasteiger partial charge in [0.05, 0.1) is 6.61 Å². The quantitative estimate of drug-likeness (QED) is 0.611. The van der Waals surface area contributed by atoms with Crippen LogP contribution in [-0.4, -0.2) is 40.8 Å². The van der Waals surface area contributed by atoms with Crippen LogP contribution in [-0.2, 0) is 6.42 Å². The van der Waals surface area contributed by atoms with Gasteiger partial charge >= 0.3 is 6.03 Å². The fourth-order valence-electron chi connectivity index (χ4n) is 3.94. The minimum absolute atomic E-state index is 0.0833. The number of aryl methyl sites for hydroxylation is 1. The number of likely N-dealkylation sites (tertiary alicyclic amines) is 1. The van der Waals surface area contributed by atoms with Gasteiger partial charge in [0.1, 0.15) is 5.75 Å². The van der Waals surface area contributed by atoms with Gasteiger partial charge in [-0.15, -0.1) is 0 Å². The van der Waals surface area contributed by atoms with Gasteiger partial charge in [-0.3, -0.25) is 0 Å². The molecule has 1 saturated heterocycles. The van der Waals surface area contributed by atoms with E-state index in [2.05, 4.69) is 15.5 Å². The van der Waals surface area contributed by atoms with Crippen molar-refractivity contribution in [3.8, 4) is 17.1 Å². The Morgan fingerprint density at radius 2 is 2.03 bits per heavy atom. The number of carbonyl (C=O) groups is 1. The molecule has 3 aromatic rings. The minimum Gasteiger partial charge on any atom is -0.494 e. The summed E-state index contributed by atoms with van der Waals surface area (Å²) in [4.78, 5) is 19.2. The normalized spacial score (nSPS) is 16.2. The Bertz CT molecular complexity index is 1020. The third-order valence-corrected chi connectivity index (χ3v) is 5.54. The minimum atomic E-state index is -0.0833. The molecule has 1 aliphatic heterocycles. The molecule has 1 unspecified atom stereocenters. The van der Waals surface area contributed by atoms with E-state index in [1.807, 2.05) is 67.3 Å². The molecule has 7 nitrogen and oxygen atoms in total. The standard InChI is InChI=1S/C24H28N4O3/c1-3-30-20-12-10-19(11-13-20)25-24(29)28-14-6-8-18(16-28)15-22-26-23(27-31-22)21-9-5-4-7-17(21)2/h4-5,7,9-13,18H,3,6,8,14-16H2,1-2H3,(H,25,29). The van der Waals surface area contributed by atoms with Crippen LogP contribution < -0.4 is 10.1 Å². The molecule has 1 aliphatic rings. The number of nitrogens with one attached hydrogen (secondary N) is 1. The molecule has 0 bridgehead atoms. The van der Waals surface area contributed by atoms with E-state index in [1.165, 1.54) is 0 Å². The highest BCUT2D eigenvalue weighted by Crippen LogP contribution is 2.24. The highest BCUT2D eigenvalue weighted by atomic mass is 16.5. The number of rotatable bonds is 6. The molecule has 0 radical (unpaired) electrons. The van der Waals surface area contributed by atoms with E-state index in [9.17, 15) is 4.79 Å². The predicted molar refractivity (Wildman–Crippen MR) is 119 cm³/mol. The molecule has 0 spiro atoms. The van der Waals surface area contributed by atoms with Crippen LogP contribution in [0, 0.1) is 12.8 Å². The fraction of sp³-hybridized carbons (Fsp3) is 0.375. The second kappa shape index (κ2) is 9.64. The van der Waals surface area contributed by atoms with E-state index in [0.717, 1.165) is 42.0 Å². The van der Waals surface area contributed by atoms with Crippen LogP contribution in [0.15, 0.2) is 53.1 Å². The number of hydrogen-bond donors (Lipinski definition) is 1. The summed E-state index contributed by atoms with van der Waals surface area (Å²) in [5, 5.41) is 7.13. The van der Waals surface area contributed by atoms with Crippen LogP contribution >= 0.6 is 0 Å². The average molecular weight is 421 g/mol. The Labute approximate surface area is 182 Å². The molecule has 1 atom stereocenters. The van der Waals surface area contributed by atoms with Crippen molar-refractivity contribution < 1.29 is 14.1 Å². The van der Waals surface area contributed by atoms with Gasteiger partial charge in [-0.25, -0.2) is 4.79 Å². The zero-order valence-corrected chi connectivity index (χ0v) is 18.0. The van der Waals surface area contributed by atoms with Gasteiger partial charge in [0.15, 0.2) is 0 Å². The molecule has 2 heterocycles. The third kappa shape index (κ3) is 5.23. The number of anilines is 1. The molecule has 2 aromatic carbocycles. The Morgan fingerprint density at radius 3 is 2.81 bits per heavy atom. The Balaban J connectivity index is 1.34. The monoisotopic (exact) mass is 420 g/mol. The molecule has 0 saturated carbocycles. The molecule has 4 rings (SSSR count). The second-order valence-corrected chi connectivity index (χ2v) is 7.87. The molecule has 31 heavy (non-hydrogen) atoms. The molecule has 162 valence electrons. The number of ether oxygens (including phenoxy) is 1. The van der Waals surface area contributed by atoms with Gasteiger partial charge in [-0.05, 0) is 62.4 Å². The number of urea groups is 1. The van der Waals surface area contributed by atoms with Crippen LogP contribution in [0.25, 0.3) is 11.4 Å². The maximum Gasteiger partial charge on any atom is 0.321 e. The van der Waals surface area contributed by atoms with Gasteiger partial charge in [0.2, 0.25) is 11.7 Å². The lowest BCUT2D eigenvalue weighted by atomic mass is 9.95. The summed E-state index contributed by atoms with van der Waals surface area (Å²) in [5.41, 5.74) is 2.86. The summed E-state index contributed by atoms with van der Waals surface area (Å²) >= 11 is 0. The molecular weight excluding hydrogens is 392 g/mol. The summed E-state index contributed by atoms with van der Waals surface area (Å²) in [6, 6.07) is 15.4. The van der Waals surface area contributed by atoms with Crippen molar-refractivity contribution in [2.75, 3.05) is 25.0 Å². The largest absolute Gasteiger partial charge is 0.494 e. The molecule has 2 amide bonds. The lowest BCUT2D eigenvalue weighted by molar-refractivity contribution is 0.173. The molecule has 1 fully saturated rings. The van der Waals surface area contributed by atoms with Crippen molar-refractivity contribution >= 4 is 11.7 Å². The van der Waals surface area contributed by atoms with Gasteiger partial charge in [0, 0.05) is 30.8 Å². The van der Waals surface area contributed by atoms with E-state index in [0.29, 0.717) is 37.2 Å². The highest BCUT2D eigenvalue weighted by molar-refractivity contribution is 5.89. The van der Waals surface area contributed by atoms with Crippen LogP contribution in [0.5, 0.6) is 5.75 Å². The first-order valence-electron chi connectivity index (χ1n) is 10.8. The predicted octanol–water partition coefficient (Wildman–Crippen LogP) is 4.93. The molecular formula is C24H28N4O3. The van der Waals surface area contributed by atoms with E-state index in [-0.39, 0.29) is 6.03 Å². The van der Waals surface area contributed by atoms with E-state index in [4.69, 9.17) is 9.26 Å². The number of carbonyl (C=O) groups excluding carboxylic acids is 1. The summed E-state index contributed by atoms with van der Waals surface area (Å²) in [6.45, 7) is 6.02. The van der Waals surface area contributed by atoms with Crippen LogP contribution in [0.1, 0.15) is 31.2 Å². The number of nitrogens with zero attached hydrogens (tertiary/aromatic N) is 3.